The maximum Gasteiger partial charge on any atom is 0.335 e. The molecule has 2 aliphatic rings. The van der Waals surface area contributed by atoms with Crippen LogP contribution in [0.25, 0.3) is 0 Å². The third-order valence-corrected chi connectivity index (χ3v) is 5.36. The van der Waals surface area contributed by atoms with Crippen LogP contribution in [0.5, 0.6) is 5.75 Å². The number of aromatic hydroxyl groups is 1. The van der Waals surface area contributed by atoms with E-state index in [0.29, 0.717) is 25.0 Å². The number of carbonyl (C=O) groups excluding carboxylic acids is 2. The number of rotatable bonds is 4. The SMILES string of the molecule is COC(=O)C1=CN(CCc2ccc(O)cc2)C(=O)[C@@H]2[C@H](C)[C@@H](O)C[C@H]12. The monoisotopic (exact) mass is 345 g/mol. The van der Waals surface area contributed by atoms with Gasteiger partial charge >= 0.3 is 5.97 Å². The lowest BCUT2D eigenvalue weighted by atomic mass is 9.81. The predicted octanol–water partition coefficient (Wildman–Crippen LogP) is 1.47. The van der Waals surface area contributed by atoms with Crippen LogP contribution < -0.4 is 0 Å². The minimum Gasteiger partial charge on any atom is -0.508 e. The highest BCUT2D eigenvalue weighted by Crippen LogP contribution is 2.45. The largest absolute Gasteiger partial charge is 0.508 e. The number of phenolic OH excluding ortho intramolecular Hbond substituents is 1. The Labute approximate surface area is 146 Å². The molecular weight excluding hydrogens is 322 g/mol. The van der Waals surface area contributed by atoms with Crippen LogP contribution >= 0.6 is 0 Å². The van der Waals surface area contributed by atoms with E-state index in [9.17, 15) is 19.8 Å². The summed E-state index contributed by atoms with van der Waals surface area (Å²) in [6.45, 7) is 2.28. The van der Waals surface area contributed by atoms with Gasteiger partial charge in [0.15, 0.2) is 0 Å². The molecule has 1 amide bonds. The fourth-order valence-electron chi connectivity index (χ4n) is 3.87. The summed E-state index contributed by atoms with van der Waals surface area (Å²) in [4.78, 5) is 26.6. The Bertz CT molecular complexity index is 696. The Kier molecular flexibility index (Phi) is 4.81. The van der Waals surface area contributed by atoms with Crippen molar-refractivity contribution in [3.8, 4) is 5.75 Å². The number of aliphatic hydroxyl groups is 1. The molecule has 1 aliphatic carbocycles. The number of amides is 1. The quantitative estimate of drug-likeness (QED) is 0.807. The Morgan fingerprint density at radius 2 is 2.00 bits per heavy atom. The second-order valence-electron chi connectivity index (χ2n) is 6.82. The topological polar surface area (TPSA) is 87.1 Å². The van der Waals surface area contributed by atoms with Crippen molar-refractivity contribution in [2.24, 2.45) is 17.8 Å². The fraction of sp³-hybridized carbons (Fsp3) is 0.474. The summed E-state index contributed by atoms with van der Waals surface area (Å²) >= 11 is 0. The number of methoxy groups -OCH3 is 1. The van der Waals surface area contributed by atoms with E-state index in [2.05, 4.69) is 0 Å². The molecule has 0 spiro atoms. The number of ether oxygens (including phenoxy) is 1. The standard InChI is InChI=1S/C19H23NO5/c1-11-16(22)9-14-15(19(24)25-2)10-20(18(23)17(11)14)8-7-12-3-5-13(21)6-4-12/h3-6,10-11,14,16-17,21-22H,7-9H2,1-2H3/t11-,14-,16+,17-/m1/s1. The number of hydrogen-bond acceptors (Lipinski definition) is 5. The third kappa shape index (κ3) is 3.26. The summed E-state index contributed by atoms with van der Waals surface area (Å²) in [6, 6.07) is 6.82. The van der Waals surface area contributed by atoms with Crippen molar-refractivity contribution in [1.29, 1.82) is 0 Å². The van der Waals surface area contributed by atoms with Crippen molar-refractivity contribution in [1.82, 2.24) is 4.90 Å². The molecule has 6 nitrogen and oxygen atoms in total. The first-order valence-electron chi connectivity index (χ1n) is 8.49. The van der Waals surface area contributed by atoms with E-state index in [4.69, 9.17) is 4.74 Å². The third-order valence-electron chi connectivity index (χ3n) is 5.36. The average molecular weight is 345 g/mol. The smallest absolute Gasteiger partial charge is 0.335 e. The van der Waals surface area contributed by atoms with Crippen molar-refractivity contribution in [2.45, 2.75) is 25.9 Å². The van der Waals surface area contributed by atoms with Crippen LogP contribution in [0.4, 0.5) is 0 Å². The van der Waals surface area contributed by atoms with Crippen LogP contribution in [-0.4, -0.2) is 46.7 Å². The van der Waals surface area contributed by atoms with Gasteiger partial charge in [-0.15, -0.1) is 0 Å². The maximum atomic E-state index is 12.9. The average Bonchev–Trinajstić information content (AvgIpc) is 2.90. The fourth-order valence-corrected chi connectivity index (χ4v) is 3.87. The number of fused-ring (bicyclic) bond motifs is 1. The van der Waals surface area contributed by atoms with Crippen molar-refractivity contribution < 1.29 is 24.5 Å². The highest BCUT2D eigenvalue weighted by atomic mass is 16.5. The maximum absolute atomic E-state index is 12.9. The van der Waals surface area contributed by atoms with E-state index >= 15 is 0 Å². The summed E-state index contributed by atoms with van der Waals surface area (Å²) in [5.41, 5.74) is 1.45. The molecule has 1 aromatic carbocycles. The lowest BCUT2D eigenvalue weighted by molar-refractivity contribution is -0.140. The number of benzene rings is 1. The molecular formula is C19H23NO5. The van der Waals surface area contributed by atoms with Crippen molar-refractivity contribution in [3.05, 3.63) is 41.6 Å². The van der Waals surface area contributed by atoms with Crippen molar-refractivity contribution in [2.75, 3.05) is 13.7 Å². The highest BCUT2D eigenvalue weighted by molar-refractivity contribution is 5.94. The molecule has 1 heterocycles. The van der Waals surface area contributed by atoms with Crippen LogP contribution in [0.15, 0.2) is 36.0 Å². The van der Waals surface area contributed by atoms with Gasteiger partial charge in [-0.2, -0.15) is 0 Å². The summed E-state index contributed by atoms with van der Waals surface area (Å²) < 4.78 is 4.87. The van der Waals surface area contributed by atoms with E-state index in [1.165, 1.54) is 7.11 Å². The number of phenols is 1. The van der Waals surface area contributed by atoms with Crippen LogP contribution in [0.2, 0.25) is 0 Å². The molecule has 134 valence electrons. The minimum atomic E-state index is -0.593. The first-order chi connectivity index (χ1) is 11.9. The zero-order chi connectivity index (χ0) is 18.1. The normalized spacial score (nSPS) is 28.5. The predicted molar refractivity (Wildman–Crippen MR) is 90.4 cm³/mol. The van der Waals surface area contributed by atoms with Gasteiger partial charge in [0, 0.05) is 18.7 Å². The first-order valence-corrected chi connectivity index (χ1v) is 8.49. The molecule has 0 radical (unpaired) electrons. The molecule has 0 saturated heterocycles. The molecule has 6 heteroatoms. The van der Waals surface area contributed by atoms with Crippen molar-refractivity contribution >= 4 is 11.9 Å². The molecule has 2 N–H and O–H groups in total. The van der Waals surface area contributed by atoms with Gasteiger partial charge in [0.05, 0.1) is 24.7 Å². The summed E-state index contributed by atoms with van der Waals surface area (Å²) in [7, 11) is 1.32. The summed E-state index contributed by atoms with van der Waals surface area (Å²) in [6.07, 6.45) is 2.00. The Morgan fingerprint density at radius 3 is 2.64 bits per heavy atom. The summed E-state index contributed by atoms with van der Waals surface area (Å²) in [5, 5.41) is 19.5. The Morgan fingerprint density at radius 1 is 1.32 bits per heavy atom. The van der Waals surface area contributed by atoms with Gasteiger partial charge in [0.1, 0.15) is 5.75 Å². The van der Waals surface area contributed by atoms with Gasteiger partial charge in [-0.3, -0.25) is 4.79 Å². The first kappa shape index (κ1) is 17.5. The molecule has 25 heavy (non-hydrogen) atoms. The van der Waals surface area contributed by atoms with E-state index in [1.54, 1.807) is 35.4 Å². The van der Waals surface area contributed by atoms with E-state index in [1.807, 2.05) is 6.92 Å². The Hall–Kier alpha value is -2.34. The molecule has 4 atom stereocenters. The highest BCUT2D eigenvalue weighted by Gasteiger charge is 2.50. The molecule has 1 fully saturated rings. The lowest BCUT2D eigenvalue weighted by Gasteiger charge is -2.34. The van der Waals surface area contributed by atoms with E-state index < -0.39 is 18.0 Å². The molecule has 0 unspecified atom stereocenters. The van der Waals surface area contributed by atoms with E-state index in [0.717, 1.165) is 5.56 Å². The Balaban J connectivity index is 1.82. The number of hydrogen-bond donors (Lipinski definition) is 2. The van der Waals surface area contributed by atoms with Gasteiger partial charge in [-0.25, -0.2) is 4.79 Å². The number of aliphatic hydroxyl groups excluding tert-OH is 1. The van der Waals surface area contributed by atoms with Gasteiger partial charge in [0.2, 0.25) is 5.91 Å². The number of carbonyl (C=O) groups is 2. The van der Waals surface area contributed by atoms with Crippen LogP contribution in [0.1, 0.15) is 18.9 Å². The molecule has 1 aromatic rings. The van der Waals surface area contributed by atoms with Gasteiger partial charge in [-0.05, 0) is 36.5 Å². The van der Waals surface area contributed by atoms with Gasteiger partial charge in [-0.1, -0.05) is 19.1 Å². The minimum absolute atomic E-state index is 0.0551. The van der Waals surface area contributed by atoms with Crippen molar-refractivity contribution in [3.63, 3.8) is 0 Å². The van der Waals surface area contributed by atoms with Gasteiger partial charge in [0.25, 0.3) is 0 Å². The number of esters is 1. The molecule has 1 aliphatic heterocycles. The molecule has 0 aromatic heterocycles. The van der Waals surface area contributed by atoms with Gasteiger partial charge < -0.3 is 19.8 Å². The second-order valence-corrected chi connectivity index (χ2v) is 6.82. The summed E-state index contributed by atoms with van der Waals surface area (Å²) in [5.74, 6) is -1.17. The molecule has 3 rings (SSSR count). The zero-order valence-corrected chi connectivity index (χ0v) is 14.4. The van der Waals surface area contributed by atoms with Crippen LogP contribution in [0.3, 0.4) is 0 Å². The van der Waals surface area contributed by atoms with Crippen LogP contribution in [0, 0.1) is 17.8 Å². The zero-order valence-electron chi connectivity index (χ0n) is 14.4. The lowest BCUT2D eigenvalue weighted by Crippen LogP contribution is -2.43. The second kappa shape index (κ2) is 6.88. The van der Waals surface area contributed by atoms with Crippen LogP contribution in [-0.2, 0) is 20.7 Å². The number of nitrogens with zero attached hydrogens (tertiary/aromatic N) is 1. The molecule has 1 saturated carbocycles. The molecule has 0 bridgehead atoms. The van der Waals surface area contributed by atoms with E-state index in [-0.39, 0.29) is 23.5 Å².